The average Bonchev–Trinajstić information content (AvgIpc) is 2.91. The molecule has 3 rings (SSSR count). The van der Waals surface area contributed by atoms with Crippen LogP contribution in [0.25, 0.3) is 0 Å². The summed E-state index contributed by atoms with van der Waals surface area (Å²) in [5, 5.41) is 17.8. The van der Waals surface area contributed by atoms with Crippen molar-refractivity contribution in [2.45, 2.75) is 51.1 Å². The fraction of sp³-hybridized carbons (Fsp3) is 0.577. The molecule has 0 aliphatic carbocycles. The molecule has 2 aliphatic rings. The lowest BCUT2D eigenvalue weighted by Gasteiger charge is -2.33. The largest absolute Gasteiger partial charge is 0.484 e. The highest BCUT2D eigenvalue weighted by Crippen LogP contribution is 2.22. The Balaban J connectivity index is 1.52. The number of ether oxygens (including phenoxy) is 1. The van der Waals surface area contributed by atoms with Gasteiger partial charge in [-0.25, -0.2) is 0 Å². The van der Waals surface area contributed by atoms with Gasteiger partial charge in [0.1, 0.15) is 11.9 Å². The van der Waals surface area contributed by atoms with Crippen molar-refractivity contribution in [3.05, 3.63) is 29.8 Å². The van der Waals surface area contributed by atoms with Crippen LogP contribution in [-0.4, -0.2) is 78.6 Å². The number of hydrogen-bond acceptors (Lipinski definition) is 7. The summed E-state index contributed by atoms with van der Waals surface area (Å²) in [6.07, 6.45) is 3.06. The molecule has 1 aromatic carbocycles. The number of amides is 4. The highest BCUT2D eigenvalue weighted by molar-refractivity contribution is 5.95. The number of carbonyl (C=O) groups excluding carboxylic acids is 4. The quantitative estimate of drug-likeness (QED) is 0.237. The Kier molecular flexibility index (Phi) is 10.9. The molecule has 2 fully saturated rings. The lowest BCUT2D eigenvalue weighted by molar-refractivity contribution is -0.138. The Bertz CT molecular complexity index is 994. The first-order valence-electron chi connectivity index (χ1n) is 13.0. The fourth-order valence-corrected chi connectivity index (χ4v) is 4.77. The molecule has 12 heteroatoms. The van der Waals surface area contributed by atoms with Gasteiger partial charge in [0.15, 0.2) is 6.61 Å². The lowest BCUT2D eigenvalue weighted by atomic mass is 9.92. The minimum absolute atomic E-state index is 0.0414. The number of piperidine rings is 2. The van der Waals surface area contributed by atoms with E-state index >= 15 is 0 Å². The lowest BCUT2D eigenvalue weighted by Crippen LogP contribution is -2.53. The molecule has 2 aliphatic heterocycles. The third-order valence-electron chi connectivity index (χ3n) is 6.87. The van der Waals surface area contributed by atoms with Crippen LogP contribution in [0.5, 0.6) is 5.75 Å². The Morgan fingerprint density at radius 3 is 2.45 bits per heavy atom. The molecule has 0 unspecified atom stereocenters. The topological polar surface area (TPSA) is 180 Å². The van der Waals surface area contributed by atoms with Crippen molar-refractivity contribution >= 4 is 29.6 Å². The molecule has 2 heterocycles. The summed E-state index contributed by atoms with van der Waals surface area (Å²) in [5.74, 6) is -2.38. The number of likely N-dealkylation sites (tertiary alicyclic amines) is 1. The zero-order chi connectivity index (χ0) is 27.5. The summed E-state index contributed by atoms with van der Waals surface area (Å²) in [7, 11) is 0. The van der Waals surface area contributed by atoms with Gasteiger partial charge in [0.2, 0.25) is 11.8 Å². The summed E-state index contributed by atoms with van der Waals surface area (Å²) >= 11 is 0. The Hall–Kier alpha value is -3.67. The number of aliphatic carboxylic acids is 1. The van der Waals surface area contributed by atoms with Crippen molar-refractivity contribution < 1.29 is 33.8 Å². The van der Waals surface area contributed by atoms with Crippen LogP contribution in [0.1, 0.15) is 55.3 Å². The third kappa shape index (κ3) is 9.33. The van der Waals surface area contributed by atoms with Crippen LogP contribution in [0.3, 0.4) is 0 Å². The number of primary amides is 1. The monoisotopic (exact) mass is 531 g/mol. The van der Waals surface area contributed by atoms with Crippen molar-refractivity contribution in [3.8, 4) is 5.75 Å². The summed E-state index contributed by atoms with van der Waals surface area (Å²) in [6.45, 7) is 2.53. The molecule has 0 aromatic heterocycles. The molecule has 2 atom stereocenters. The van der Waals surface area contributed by atoms with E-state index in [-0.39, 0.29) is 24.6 Å². The van der Waals surface area contributed by atoms with Gasteiger partial charge >= 0.3 is 5.97 Å². The van der Waals surface area contributed by atoms with Gasteiger partial charge < -0.3 is 36.4 Å². The minimum atomic E-state index is -1.19. The van der Waals surface area contributed by atoms with Gasteiger partial charge in [-0.3, -0.25) is 24.0 Å². The van der Waals surface area contributed by atoms with E-state index in [0.717, 1.165) is 32.4 Å². The maximum Gasteiger partial charge on any atom is 0.307 e. The van der Waals surface area contributed by atoms with Gasteiger partial charge in [0.25, 0.3) is 11.8 Å². The average molecular weight is 532 g/mol. The highest BCUT2D eigenvalue weighted by atomic mass is 16.5. The second kappa shape index (κ2) is 14.3. The zero-order valence-electron chi connectivity index (χ0n) is 21.4. The first-order valence-corrected chi connectivity index (χ1v) is 13.0. The molecule has 1 aromatic rings. The van der Waals surface area contributed by atoms with E-state index in [0.29, 0.717) is 37.5 Å². The summed E-state index contributed by atoms with van der Waals surface area (Å²) in [5.41, 5.74) is 5.25. The maximum absolute atomic E-state index is 13.0. The van der Waals surface area contributed by atoms with Crippen LogP contribution in [0.15, 0.2) is 24.3 Å². The van der Waals surface area contributed by atoms with Crippen LogP contribution in [0, 0.1) is 11.8 Å². The van der Waals surface area contributed by atoms with Crippen LogP contribution in [0.2, 0.25) is 0 Å². The molecule has 0 radical (unpaired) electrons. The normalized spacial score (nSPS) is 18.7. The predicted molar refractivity (Wildman–Crippen MR) is 137 cm³/mol. The number of nitrogens with two attached hydrogens (primary N) is 1. The Morgan fingerprint density at radius 2 is 1.79 bits per heavy atom. The van der Waals surface area contributed by atoms with E-state index in [2.05, 4.69) is 16.0 Å². The molecule has 6 N–H and O–H groups in total. The summed E-state index contributed by atoms with van der Waals surface area (Å²) in [4.78, 5) is 62.4. The molecule has 0 spiro atoms. The van der Waals surface area contributed by atoms with Crippen molar-refractivity contribution in [1.82, 2.24) is 20.9 Å². The molecule has 12 nitrogen and oxygen atoms in total. The van der Waals surface area contributed by atoms with Crippen LogP contribution < -0.4 is 26.4 Å². The van der Waals surface area contributed by atoms with E-state index in [1.54, 1.807) is 4.90 Å². The fourth-order valence-electron chi connectivity index (χ4n) is 4.77. The molecule has 4 amide bonds. The number of carbonyl (C=O) groups is 5. The molecular formula is C26H37N5O7. The number of nitrogens with one attached hydrogen (secondary N) is 3. The van der Waals surface area contributed by atoms with Crippen LogP contribution in [-0.2, 0) is 19.2 Å². The van der Waals surface area contributed by atoms with Crippen LogP contribution in [0.4, 0.5) is 0 Å². The van der Waals surface area contributed by atoms with Crippen LogP contribution >= 0.6 is 0 Å². The number of rotatable bonds is 12. The summed E-state index contributed by atoms with van der Waals surface area (Å²) in [6, 6.07) is 5.84. The molecule has 2 saturated heterocycles. The SMILES string of the molecule is NC(=O)COc1ccc(C(=O)N[C@H](CC(=O)O)NC(=O)[C@@H]2CCCN(C(=O)CCC3CCNCC3)C2)cc1. The van der Waals surface area contributed by atoms with E-state index in [1.807, 2.05) is 0 Å². The standard InChI is InChI=1S/C26H37N5O7/c27-21(32)16-38-20-6-4-18(5-7-20)25(36)29-22(14-24(34)35)30-26(37)19-2-1-13-31(15-19)23(33)8-3-17-9-11-28-12-10-17/h4-7,17,19,22,28H,1-3,8-16H2,(H2,27,32)(H,29,36)(H,30,37)(H,34,35)/t19-,22+/m1/s1. The van der Waals surface area contributed by atoms with Crippen molar-refractivity contribution in [1.29, 1.82) is 0 Å². The number of carboxylic acid groups (broad SMARTS) is 1. The second-order valence-corrected chi connectivity index (χ2v) is 9.82. The van der Waals surface area contributed by atoms with Gasteiger partial charge in [-0.2, -0.15) is 0 Å². The van der Waals surface area contributed by atoms with Crippen molar-refractivity contribution in [3.63, 3.8) is 0 Å². The number of hydrogen-bond donors (Lipinski definition) is 5. The van der Waals surface area contributed by atoms with Gasteiger partial charge in [0, 0.05) is 25.1 Å². The zero-order valence-corrected chi connectivity index (χ0v) is 21.4. The van der Waals surface area contributed by atoms with Gasteiger partial charge in [-0.05, 0) is 75.4 Å². The van der Waals surface area contributed by atoms with Gasteiger partial charge in [-0.1, -0.05) is 0 Å². The first-order chi connectivity index (χ1) is 18.2. The molecule has 0 saturated carbocycles. The predicted octanol–water partition coefficient (Wildman–Crippen LogP) is 0.216. The highest BCUT2D eigenvalue weighted by Gasteiger charge is 2.30. The maximum atomic E-state index is 13.0. The molecule has 38 heavy (non-hydrogen) atoms. The minimum Gasteiger partial charge on any atom is -0.484 e. The molecular weight excluding hydrogens is 494 g/mol. The van der Waals surface area contributed by atoms with Gasteiger partial charge in [0.05, 0.1) is 12.3 Å². The molecule has 208 valence electrons. The summed E-state index contributed by atoms with van der Waals surface area (Å²) < 4.78 is 5.16. The van der Waals surface area contributed by atoms with Crippen molar-refractivity contribution in [2.24, 2.45) is 17.6 Å². The molecule has 0 bridgehead atoms. The Morgan fingerprint density at radius 1 is 1.08 bits per heavy atom. The number of nitrogens with zero attached hydrogens (tertiary/aromatic N) is 1. The van der Waals surface area contributed by atoms with E-state index in [9.17, 15) is 29.1 Å². The number of benzene rings is 1. The Labute approximate surface area is 221 Å². The first kappa shape index (κ1) is 28.9. The van der Waals surface area contributed by atoms with E-state index in [1.165, 1.54) is 24.3 Å². The number of carboxylic acids is 1. The second-order valence-electron chi connectivity index (χ2n) is 9.82. The van der Waals surface area contributed by atoms with E-state index in [4.69, 9.17) is 10.5 Å². The van der Waals surface area contributed by atoms with E-state index < -0.39 is 42.2 Å². The third-order valence-corrected chi connectivity index (χ3v) is 6.87. The van der Waals surface area contributed by atoms with Crippen molar-refractivity contribution in [2.75, 3.05) is 32.8 Å². The van der Waals surface area contributed by atoms with Gasteiger partial charge in [-0.15, -0.1) is 0 Å². The smallest absolute Gasteiger partial charge is 0.307 e.